The van der Waals surface area contributed by atoms with Gasteiger partial charge in [-0.05, 0) is 74.8 Å². The fraction of sp³-hybridized carbons (Fsp3) is 0.652. The predicted molar refractivity (Wildman–Crippen MR) is 112 cm³/mol. The van der Waals surface area contributed by atoms with Gasteiger partial charge in [0.15, 0.2) is 0 Å². The second-order valence-corrected chi connectivity index (χ2v) is 9.67. The van der Waals surface area contributed by atoms with Crippen LogP contribution in [0, 0.1) is 17.3 Å². The number of thiophene rings is 1. The number of carbonyl (C=O) groups excluding carboxylic acids is 1. The minimum atomic E-state index is -0.864. The van der Waals surface area contributed by atoms with E-state index in [-0.39, 0.29) is 17.4 Å². The molecule has 1 aromatic rings. The largest absolute Gasteiger partial charge is 0.477 e. The molecule has 154 valence electrons. The number of aromatic carboxylic acids is 1. The Bertz CT molecular complexity index is 710. The molecule has 0 aliphatic heterocycles. The zero-order valence-corrected chi connectivity index (χ0v) is 17.5. The van der Waals surface area contributed by atoms with E-state index in [2.05, 4.69) is 13.0 Å². The van der Waals surface area contributed by atoms with Crippen molar-refractivity contribution in [2.45, 2.75) is 77.2 Å². The average molecular weight is 405 g/mol. The standard InChI is InChI=1S/C23H32O4S/c1-2-23(14-5-15-23)21(25)9-4-8-18-16(10-12-19(18)24)6-3-7-17-11-13-20(28-17)22(26)27/h4,8,11,13,16,18,21,25H,2-3,5-7,9-10,12,14-15H2,1H3,(H,26,27)/b8-4+/t16-,18+,21?/m0/s1. The molecule has 3 rings (SSSR count). The molecule has 28 heavy (non-hydrogen) atoms. The Hall–Kier alpha value is -1.46. The highest BCUT2D eigenvalue weighted by molar-refractivity contribution is 7.13. The molecular weight excluding hydrogens is 372 g/mol. The van der Waals surface area contributed by atoms with E-state index < -0.39 is 5.97 Å². The molecule has 0 saturated heterocycles. The van der Waals surface area contributed by atoms with E-state index in [1.807, 2.05) is 12.1 Å². The Balaban J connectivity index is 1.47. The van der Waals surface area contributed by atoms with E-state index in [0.717, 1.165) is 49.8 Å². The van der Waals surface area contributed by atoms with Gasteiger partial charge in [-0.2, -0.15) is 0 Å². The van der Waals surface area contributed by atoms with E-state index in [0.29, 0.717) is 29.4 Å². The summed E-state index contributed by atoms with van der Waals surface area (Å²) in [5, 5.41) is 19.6. The van der Waals surface area contributed by atoms with Crippen molar-refractivity contribution in [1.82, 2.24) is 0 Å². The van der Waals surface area contributed by atoms with Crippen LogP contribution >= 0.6 is 11.3 Å². The normalized spacial score (nSPS) is 25.1. The molecule has 3 atom stereocenters. The fourth-order valence-electron chi connectivity index (χ4n) is 4.85. The number of aryl methyl sites for hydroxylation is 1. The first-order chi connectivity index (χ1) is 13.4. The third-order valence-corrected chi connectivity index (χ3v) is 8.11. The first kappa shape index (κ1) is 21.3. The number of hydrogen-bond donors (Lipinski definition) is 2. The average Bonchev–Trinajstić information content (AvgIpc) is 3.23. The second-order valence-electron chi connectivity index (χ2n) is 8.50. The number of Topliss-reactive ketones (excluding diaryl/α,β-unsaturated/α-hetero) is 1. The van der Waals surface area contributed by atoms with Gasteiger partial charge in [-0.3, -0.25) is 4.79 Å². The maximum absolute atomic E-state index is 12.3. The topological polar surface area (TPSA) is 74.6 Å². The van der Waals surface area contributed by atoms with E-state index in [1.165, 1.54) is 17.8 Å². The Morgan fingerprint density at radius 3 is 2.79 bits per heavy atom. The lowest BCUT2D eigenvalue weighted by Gasteiger charge is -2.45. The van der Waals surface area contributed by atoms with Gasteiger partial charge in [0.2, 0.25) is 0 Å². The van der Waals surface area contributed by atoms with Gasteiger partial charge in [-0.15, -0.1) is 11.3 Å². The molecular formula is C23H32O4S. The molecule has 2 aliphatic carbocycles. The molecule has 0 radical (unpaired) electrons. The van der Waals surface area contributed by atoms with E-state index in [1.54, 1.807) is 6.07 Å². The summed E-state index contributed by atoms with van der Waals surface area (Å²) < 4.78 is 0. The smallest absolute Gasteiger partial charge is 0.345 e. The summed E-state index contributed by atoms with van der Waals surface area (Å²) in [4.78, 5) is 24.8. The van der Waals surface area contributed by atoms with Crippen LogP contribution in [0.2, 0.25) is 0 Å². The highest BCUT2D eigenvalue weighted by Gasteiger charge is 2.41. The molecule has 0 amide bonds. The van der Waals surface area contributed by atoms with Crippen LogP contribution < -0.4 is 0 Å². The molecule has 5 heteroatoms. The first-order valence-electron chi connectivity index (χ1n) is 10.6. The van der Waals surface area contributed by atoms with Crippen LogP contribution in [-0.2, 0) is 11.2 Å². The summed E-state index contributed by atoms with van der Waals surface area (Å²) in [7, 11) is 0. The second kappa shape index (κ2) is 9.36. The van der Waals surface area contributed by atoms with Crippen molar-refractivity contribution in [2.75, 3.05) is 0 Å². The van der Waals surface area contributed by atoms with Crippen LogP contribution in [0.15, 0.2) is 24.3 Å². The van der Waals surface area contributed by atoms with Crippen molar-refractivity contribution >= 4 is 23.1 Å². The molecule has 1 heterocycles. The van der Waals surface area contributed by atoms with E-state index in [4.69, 9.17) is 5.11 Å². The number of rotatable bonds is 10. The van der Waals surface area contributed by atoms with Crippen molar-refractivity contribution in [3.63, 3.8) is 0 Å². The predicted octanol–water partition coefficient (Wildman–Crippen LogP) is 5.25. The highest BCUT2D eigenvalue weighted by atomic mass is 32.1. The Labute approximate surface area is 171 Å². The molecule has 4 nitrogen and oxygen atoms in total. The lowest BCUT2D eigenvalue weighted by molar-refractivity contribution is -0.119. The van der Waals surface area contributed by atoms with Gasteiger partial charge in [0.1, 0.15) is 10.7 Å². The van der Waals surface area contributed by atoms with Crippen molar-refractivity contribution in [3.05, 3.63) is 34.0 Å². The van der Waals surface area contributed by atoms with Gasteiger partial charge in [0.05, 0.1) is 6.10 Å². The number of aliphatic hydroxyl groups excluding tert-OH is 1. The maximum atomic E-state index is 12.3. The quantitative estimate of drug-likeness (QED) is 0.522. The van der Waals surface area contributed by atoms with Gasteiger partial charge in [-0.25, -0.2) is 4.79 Å². The van der Waals surface area contributed by atoms with Crippen molar-refractivity contribution < 1.29 is 19.8 Å². The molecule has 0 aromatic carbocycles. The number of aliphatic hydroxyl groups is 1. The maximum Gasteiger partial charge on any atom is 0.345 e. The fourth-order valence-corrected chi connectivity index (χ4v) is 5.74. The third kappa shape index (κ3) is 4.74. The van der Waals surface area contributed by atoms with Gasteiger partial charge in [-0.1, -0.05) is 25.5 Å². The van der Waals surface area contributed by atoms with Gasteiger partial charge in [0, 0.05) is 17.2 Å². The summed E-state index contributed by atoms with van der Waals surface area (Å²) in [6.07, 6.45) is 13.4. The number of allylic oxidation sites excluding steroid dienone is 1. The van der Waals surface area contributed by atoms with Crippen LogP contribution in [0.5, 0.6) is 0 Å². The summed E-state index contributed by atoms with van der Waals surface area (Å²) in [5.41, 5.74) is 0.110. The molecule has 2 aliphatic rings. The van der Waals surface area contributed by atoms with E-state index in [9.17, 15) is 14.7 Å². The Morgan fingerprint density at radius 2 is 2.18 bits per heavy atom. The monoisotopic (exact) mass is 404 g/mol. The Kier molecular flexibility index (Phi) is 7.10. The lowest BCUT2D eigenvalue weighted by Crippen LogP contribution is -2.40. The van der Waals surface area contributed by atoms with Gasteiger partial charge >= 0.3 is 5.97 Å². The van der Waals surface area contributed by atoms with Crippen molar-refractivity contribution in [3.8, 4) is 0 Å². The zero-order valence-electron chi connectivity index (χ0n) is 16.7. The number of hydrogen-bond acceptors (Lipinski definition) is 4. The summed E-state index contributed by atoms with van der Waals surface area (Å²) >= 11 is 1.35. The molecule has 2 N–H and O–H groups in total. The summed E-state index contributed by atoms with van der Waals surface area (Å²) in [6.45, 7) is 2.16. The zero-order chi connectivity index (χ0) is 20.1. The molecule has 2 saturated carbocycles. The molecule has 0 bridgehead atoms. The van der Waals surface area contributed by atoms with Gasteiger partial charge in [0.25, 0.3) is 0 Å². The van der Waals surface area contributed by atoms with Crippen LogP contribution in [0.4, 0.5) is 0 Å². The summed E-state index contributed by atoms with van der Waals surface area (Å²) in [6, 6.07) is 3.57. The summed E-state index contributed by atoms with van der Waals surface area (Å²) in [5.74, 6) is -0.168. The van der Waals surface area contributed by atoms with Gasteiger partial charge < -0.3 is 10.2 Å². The van der Waals surface area contributed by atoms with Crippen LogP contribution in [0.1, 0.15) is 79.3 Å². The SMILES string of the molecule is CCC1(C(O)C/C=C/[C@H]2C(=O)CC[C@@H]2CCCc2ccc(C(=O)O)s2)CCC1. The number of carboxylic acids is 1. The van der Waals surface area contributed by atoms with E-state index >= 15 is 0 Å². The lowest BCUT2D eigenvalue weighted by atomic mass is 9.63. The number of carboxylic acid groups (broad SMARTS) is 1. The Morgan fingerprint density at radius 1 is 1.39 bits per heavy atom. The molecule has 1 unspecified atom stereocenters. The molecule has 2 fully saturated rings. The number of carbonyl (C=O) groups is 2. The number of ketones is 1. The molecule has 1 aromatic heterocycles. The van der Waals surface area contributed by atoms with Crippen molar-refractivity contribution in [2.24, 2.45) is 17.3 Å². The minimum Gasteiger partial charge on any atom is -0.477 e. The van der Waals surface area contributed by atoms with Crippen LogP contribution in [0.3, 0.4) is 0 Å². The highest BCUT2D eigenvalue weighted by Crippen LogP contribution is 2.47. The molecule has 0 spiro atoms. The first-order valence-corrected chi connectivity index (χ1v) is 11.5. The van der Waals surface area contributed by atoms with Crippen LogP contribution in [-0.4, -0.2) is 28.1 Å². The van der Waals surface area contributed by atoms with Crippen LogP contribution in [0.25, 0.3) is 0 Å². The van der Waals surface area contributed by atoms with Crippen molar-refractivity contribution in [1.29, 1.82) is 0 Å². The third-order valence-electron chi connectivity index (χ3n) is 6.97. The minimum absolute atomic E-state index is 0.0101.